The molecule has 3 nitrogen and oxygen atoms in total. The Hall–Kier alpha value is -0.990. The molecule has 0 aromatic rings. The van der Waals surface area contributed by atoms with Gasteiger partial charge >= 0.3 is 6.09 Å². The molecule has 0 saturated carbocycles. The molecule has 11 heavy (non-hydrogen) atoms. The molecule has 0 unspecified atom stereocenters. The van der Waals surface area contributed by atoms with Gasteiger partial charge < -0.3 is 10.0 Å². The Morgan fingerprint density at radius 2 is 2.55 bits per heavy atom. The van der Waals surface area contributed by atoms with E-state index in [2.05, 4.69) is 6.92 Å². The molecule has 0 fully saturated rings. The Labute approximate surface area is 66.3 Å². The van der Waals surface area contributed by atoms with E-state index in [0.29, 0.717) is 13.1 Å². The predicted molar refractivity (Wildman–Crippen MR) is 42.6 cm³/mol. The van der Waals surface area contributed by atoms with Crippen molar-refractivity contribution >= 4 is 6.09 Å². The lowest BCUT2D eigenvalue weighted by atomic mass is 10.1. The average molecular weight is 155 g/mol. The van der Waals surface area contributed by atoms with Crippen molar-refractivity contribution in [2.24, 2.45) is 0 Å². The molecule has 0 aliphatic carbocycles. The third kappa shape index (κ3) is 1.97. The van der Waals surface area contributed by atoms with Gasteiger partial charge in [0.15, 0.2) is 0 Å². The Morgan fingerprint density at radius 1 is 1.82 bits per heavy atom. The monoisotopic (exact) mass is 155 g/mol. The summed E-state index contributed by atoms with van der Waals surface area (Å²) in [5.41, 5.74) is 1.38. The van der Waals surface area contributed by atoms with Crippen LogP contribution in [0.2, 0.25) is 0 Å². The molecule has 0 saturated heterocycles. The summed E-state index contributed by atoms with van der Waals surface area (Å²) in [4.78, 5) is 11.9. The largest absolute Gasteiger partial charge is 0.465 e. The fraction of sp³-hybridized carbons (Fsp3) is 0.625. The van der Waals surface area contributed by atoms with Crippen LogP contribution >= 0.6 is 0 Å². The summed E-state index contributed by atoms with van der Waals surface area (Å²) in [5, 5.41) is 8.59. The highest BCUT2D eigenvalue weighted by atomic mass is 16.4. The maximum atomic E-state index is 10.4. The lowest BCUT2D eigenvalue weighted by Gasteiger charge is -2.22. The molecule has 0 radical (unpaired) electrons. The van der Waals surface area contributed by atoms with Crippen LogP contribution in [0.25, 0.3) is 0 Å². The molecule has 0 bridgehead atoms. The van der Waals surface area contributed by atoms with Crippen LogP contribution in [0.3, 0.4) is 0 Å². The normalized spacial score (nSPS) is 17.9. The van der Waals surface area contributed by atoms with Crippen molar-refractivity contribution in [1.29, 1.82) is 0 Å². The maximum Gasteiger partial charge on any atom is 0.407 e. The van der Waals surface area contributed by atoms with E-state index in [9.17, 15) is 4.79 Å². The molecule has 1 aliphatic heterocycles. The quantitative estimate of drug-likeness (QED) is 0.585. The minimum atomic E-state index is -0.809. The highest BCUT2D eigenvalue weighted by Gasteiger charge is 2.14. The van der Waals surface area contributed by atoms with E-state index in [4.69, 9.17) is 5.11 Å². The zero-order valence-corrected chi connectivity index (χ0v) is 6.71. The van der Waals surface area contributed by atoms with Crippen LogP contribution in [0.5, 0.6) is 0 Å². The first-order valence-electron chi connectivity index (χ1n) is 3.89. The molecule has 0 aromatic heterocycles. The van der Waals surface area contributed by atoms with Crippen LogP contribution < -0.4 is 0 Å². The van der Waals surface area contributed by atoms with Crippen LogP contribution in [0.1, 0.15) is 19.8 Å². The van der Waals surface area contributed by atoms with Crippen LogP contribution in [-0.2, 0) is 0 Å². The molecule has 0 aromatic carbocycles. The second-order valence-electron chi connectivity index (χ2n) is 2.69. The van der Waals surface area contributed by atoms with Gasteiger partial charge in [-0.2, -0.15) is 0 Å². The summed E-state index contributed by atoms with van der Waals surface area (Å²) in [6.45, 7) is 3.33. The summed E-state index contributed by atoms with van der Waals surface area (Å²) < 4.78 is 0. The molecule has 0 atom stereocenters. The number of hydrogen-bond donors (Lipinski definition) is 1. The van der Waals surface area contributed by atoms with Crippen molar-refractivity contribution in [3.63, 3.8) is 0 Å². The van der Waals surface area contributed by atoms with Gasteiger partial charge in [-0.1, -0.05) is 18.6 Å². The van der Waals surface area contributed by atoms with Crippen LogP contribution in [0.4, 0.5) is 4.79 Å². The highest BCUT2D eigenvalue weighted by Crippen LogP contribution is 2.12. The maximum absolute atomic E-state index is 10.4. The Bertz CT molecular complexity index is 187. The van der Waals surface area contributed by atoms with Crippen molar-refractivity contribution in [3.05, 3.63) is 11.6 Å². The van der Waals surface area contributed by atoms with Gasteiger partial charge in [0, 0.05) is 13.1 Å². The first kappa shape index (κ1) is 8.11. The molecule has 1 aliphatic rings. The van der Waals surface area contributed by atoms with Crippen molar-refractivity contribution in [1.82, 2.24) is 4.90 Å². The van der Waals surface area contributed by atoms with Gasteiger partial charge in [-0.25, -0.2) is 4.79 Å². The van der Waals surface area contributed by atoms with Crippen molar-refractivity contribution in [2.75, 3.05) is 13.1 Å². The van der Waals surface area contributed by atoms with E-state index < -0.39 is 6.09 Å². The minimum Gasteiger partial charge on any atom is -0.465 e. The molecule has 1 N–H and O–H groups in total. The number of hydrogen-bond acceptors (Lipinski definition) is 1. The number of carboxylic acid groups (broad SMARTS) is 1. The first-order chi connectivity index (χ1) is 5.24. The topological polar surface area (TPSA) is 40.5 Å². The fourth-order valence-corrected chi connectivity index (χ4v) is 1.21. The number of amides is 1. The molecule has 62 valence electrons. The summed E-state index contributed by atoms with van der Waals surface area (Å²) in [6, 6.07) is 0. The van der Waals surface area contributed by atoms with Gasteiger partial charge in [-0.05, 0) is 12.8 Å². The van der Waals surface area contributed by atoms with Gasteiger partial charge in [0.25, 0.3) is 0 Å². The molecule has 1 amide bonds. The van der Waals surface area contributed by atoms with Crippen LogP contribution in [0, 0.1) is 0 Å². The van der Waals surface area contributed by atoms with Gasteiger partial charge in [-0.3, -0.25) is 0 Å². The van der Waals surface area contributed by atoms with Gasteiger partial charge in [0.05, 0.1) is 0 Å². The second kappa shape index (κ2) is 3.42. The summed E-state index contributed by atoms with van der Waals surface area (Å²) in [5.74, 6) is 0. The van der Waals surface area contributed by atoms with Crippen molar-refractivity contribution in [2.45, 2.75) is 19.8 Å². The van der Waals surface area contributed by atoms with E-state index in [1.807, 2.05) is 6.08 Å². The molecule has 0 spiro atoms. The molecular weight excluding hydrogens is 142 g/mol. The smallest absolute Gasteiger partial charge is 0.407 e. The van der Waals surface area contributed by atoms with Gasteiger partial charge in [-0.15, -0.1) is 0 Å². The fourth-order valence-electron chi connectivity index (χ4n) is 1.21. The summed E-state index contributed by atoms with van der Waals surface area (Å²) in [7, 11) is 0. The Balaban J connectivity index is 2.47. The number of rotatable bonds is 1. The van der Waals surface area contributed by atoms with E-state index in [0.717, 1.165) is 12.8 Å². The minimum absolute atomic E-state index is 0.568. The lowest BCUT2D eigenvalue weighted by molar-refractivity contribution is 0.149. The summed E-state index contributed by atoms with van der Waals surface area (Å²) in [6.07, 6.45) is 3.16. The molecule has 3 heteroatoms. The zero-order valence-electron chi connectivity index (χ0n) is 6.71. The molecule has 1 heterocycles. The standard InChI is InChI=1S/C8H13NO2/c1-2-7-3-5-9(6-4-7)8(10)11/h3H,2,4-6H2,1H3,(H,10,11). The third-order valence-corrected chi connectivity index (χ3v) is 2.03. The van der Waals surface area contributed by atoms with E-state index in [1.54, 1.807) is 0 Å². The lowest BCUT2D eigenvalue weighted by Crippen LogP contribution is -2.33. The highest BCUT2D eigenvalue weighted by molar-refractivity contribution is 5.65. The van der Waals surface area contributed by atoms with E-state index >= 15 is 0 Å². The number of carbonyl (C=O) groups is 1. The number of nitrogens with zero attached hydrogens (tertiary/aromatic N) is 1. The van der Waals surface area contributed by atoms with E-state index in [1.165, 1.54) is 10.5 Å². The SMILES string of the molecule is CCC1=CCN(C(=O)O)CC1. The van der Waals surface area contributed by atoms with Gasteiger partial charge in [0.1, 0.15) is 0 Å². The van der Waals surface area contributed by atoms with E-state index in [-0.39, 0.29) is 0 Å². The van der Waals surface area contributed by atoms with Gasteiger partial charge in [0.2, 0.25) is 0 Å². The third-order valence-electron chi connectivity index (χ3n) is 2.03. The second-order valence-corrected chi connectivity index (χ2v) is 2.69. The Morgan fingerprint density at radius 3 is 2.91 bits per heavy atom. The van der Waals surface area contributed by atoms with Crippen molar-refractivity contribution < 1.29 is 9.90 Å². The Kier molecular flexibility index (Phi) is 2.52. The molecular formula is C8H13NO2. The first-order valence-corrected chi connectivity index (χ1v) is 3.89. The van der Waals surface area contributed by atoms with Crippen molar-refractivity contribution in [3.8, 4) is 0 Å². The predicted octanol–water partition coefficient (Wildman–Crippen LogP) is 1.71. The zero-order chi connectivity index (χ0) is 8.27. The van der Waals surface area contributed by atoms with Crippen LogP contribution in [-0.4, -0.2) is 29.2 Å². The summed E-state index contributed by atoms with van der Waals surface area (Å²) >= 11 is 0. The average Bonchev–Trinajstić information content (AvgIpc) is 2.05. The van der Waals surface area contributed by atoms with Crippen LogP contribution in [0.15, 0.2) is 11.6 Å². The molecule has 1 rings (SSSR count).